The van der Waals surface area contributed by atoms with E-state index in [1.165, 1.54) is 30.7 Å². The topological polar surface area (TPSA) is 44.1 Å². The molecule has 0 amide bonds. The van der Waals surface area contributed by atoms with Gasteiger partial charge in [0.2, 0.25) is 5.78 Å². The molecule has 0 saturated carbocycles. The molecule has 1 heterocycles. The highest BCUT2D eigenvalue weighted by atomic mass is 19.1. The second-order valence-electron chi connectivity index (χ2n) is 4.96. The third-order valence-corrected chi connectivity index (χ3v) is 3.64. The number of carbonyl (C=O) groups is 1. The Hall–Kier alpha value is -2.15. The Labute approximate surface area is 118 Å². The van der Waals surface area contributed by atoms with Crippen molar-refractivity contribution in [1.29, 1.82) is 5.26 Å². The number of nitrogens with zero attached hydrogens (tertiary/aromatic N) is 2. The third kappa shape index (κ3) is 3.05. The number of nitriles is 1. The van der Waals surface area contributed by atoms with Crippen LogP contribution >= 0.6 is 0 Å². The zero-order valence-electron chi connectivity index (χ0n) is 11.5. The van der Waals surface area contributed by atoms with Gasteiger partial charge in [-0.05, 0) is 50.5 Å². The lowest BCUT2D eigenvalue weighted by atomic mass is 10.0. The number of Topliss-reactive ketones (excluding diaryl/α,β-unsaturated/α-hetero) is 1. The molecule has 1 fully saturated rings. The van der Waals surface area contributed by atoms with Crippen molar-refractivity contribution < 1.29 is 9.18 Å². The second-order valence-corrected chi connectivity index (χ2v) is 4.96. The number of likely N-dealkylation sites (tertiary alicyclic amines) is 1. The summed E-state index contributed by atoms with van der Waals surface area (Å²) in [6.45, 7) is 3.58. The van der Waals surface area contributed by atoms with Crippen molar-refractivity contribution >= 4 is 5.78 Å². The summed E-state index contributed by atoms with van der Waals surface area (Å²) in [5.74, 6) is -0.729. The van der Waals surface area contributed by atoms with Crippen molar-refractivity contribution in [1.82, 2.24) is 4.90 Å². The van der Waals surface area contributed by atoms with Gasteiger partial charge in [-0.3, -0.25) is 4.79 Å². The van der Waals surface area contributed by atoms with Crippen LogP contribution in [0.2, 0.25) is 0 Å². The van der Waals surface area contributed by atoms with E-state index in [-0.39, 0.29) is 11.4 Å². The Kier molecular flexibility index (Phi) is 4.52. The average molecular weight is 272 g/mol. The molecule has 0 N–H and O–H groups in total. The molecular weight excluding hydrogens is 255 g/mol. The number of allylic oxidation sites excluding steroid dienone is 2. The van der Waals surface area contributed by atoms with Crippen molar-refractivity contribution in [2.75, 3.05) is 13.1 Å². The number of hydrogen-bond acceptors (Lipinski definition) is 3. The number of ketones is 1. The standard InChI is InChI=1S/C16H17FN2O/c1-12(19-9-3-2-4-10-19)15(11-18)16(20)13-5-7-14(17)8-6-13/h5-8H,2-4,9-10H2,1H3/b15-12+. The van der Waals surface area contributed by atoms with Crippen molar-refractivity contribution in [3.63, 3.8) is 0 Å². The minimum atomic E-state index is -0.392. The van der Waals surface area contributed by atoms with E-state index in [2.05, 4.69) is 4.90 Å². The highest BCUT2D eigenvalue weighted by molar-refractivity contribution is 6.11. The van der Waals surface area contributed by atoms with Gasteiger partial charge in [0.05, 0.1) is 0 Å². The van der Waals surface area contributed by atoms with E-state index in [4.69, 9.17) is 0 Å². The third-order valence-electron chi connectivity index (χ3n) is 3.64. The fraction of sp³-hybridized carbons (Fsp3) is 0.375. The summed E-state index contributed by atoms with van der Waals surface area (Å²) in [6, 6.07) is 7.31. The van der Waals surface area contributed by atoms with Crippen LogP contribution in [0, 0.1) is 17.1 Å². The molecular formula is C16H17FN2O. The van der Waals surface area contributed by atoms with E-state index in [1.807, 2.05) is 13.0 Å². The van der Waals surface area contributed by atoms with Crippen LogP contribution < -0.4 is 0 Å². The minimum absolute atomic E-state index is 0.151. The SMILES string of the molecule is C/C(=C(/C#N)C(=O)c1ccc(F)cc1)N1CCCCC1. The summed E-state index contributed by atoms with van der Waals surface area (Å²) in [6.07, 6.45) is 3.36. The van der Waals surface area contributed by atoms with Gasteiger partial charge in [0.15, 0.2) is 0 Å². The molecule has 4 heteroatoms. The van der Waals surface area contributed by atoms with Crippen LogP contribution in [0.3, 0.4) is 0 Å². The molecule has 20 heavy (non-hydrogen) atoms. The molecule has 0 spiro atoms. The Balaban J connectivity index is 2.28. The molecule has 0 radical (unpaired) electrons. The van der Waals surface area contributed by atoms with Gasteiger partial charge in [-0.25, -0.2) is 4.39 Å². The number of rotatable bonds is 3. The van der Waals surface area contributed by atoms with Gasteiger partial charge in [-0.15, -0.1) is 0 Å². The monoisotopic (exact) mass is 272 g/mol. The zero-order chi connectivity index (χ0) is 14.5. The number of piperidine rings is 1. The van der Waals surface area contributed by atoms with E-state index < -0.39 is 5.82 Å². The first-order valence-electron chi connectivity index (χ1n) is 6.79. The van der Waals surface area contributed by atoms with E-state index >= 15 is 0 Å². The molecule has 0 atom stereocenters. The Morgan fingerprint density at radius 1 is 1.20 bits per heavy atom. The summed E-state index contributed by atoms with van der Waals surface area (Å²) in [5.41, 5.74) is 1.22. The normalized spacial score (nSPS) is 16.4. The molecule has 1 aromatic rings. The summed E-state index contributed by atoms with van der Waals surface area (Å²) in [4.78, 5) is 14.4. The number of halogens is 1. The first-order chi connectivity index (χ1) is 9.63. The largest absolute Gasteiger partial charge is 0.374 e. The van der Waals surface area contributed by atoms with Crippen LogP contribution in [-0.2, 0) is 0 Å². The van der Waals surface area contributed by atoms with Crippen LogP contribution in [0.25, 0.3) is 0 Å². The number of carbonyl (C=O) groups excluding carboxylic acids is 1. The van der Waals surface area contributed by atoms with Crippen LogP contribution in [0.15, 0.2) is 35.5 Å². The van der Waals surface area contributed by atoms with Gasteiger partial charge < -0.3 is 4.90 Å². The van der Waals surface area contributed by atoms with Crippen LogP contribution in [-0.4, -0.2) is 23.8 Å². The maximum Gasteiger partial charge on any atom is 0.205 e. The molecule has 1 aliphatic rings. The van der Waals surface area contributed by atoms with E-state index in [1.54, 1.807) is 0 Å². The number of benzene rings is 1. The maximum absolute atomic E-state index is 12.9. The van der Waals surface area contributed by atoms with Crippen molar-refractivity contribution in [3.05, 3.63) is 46.9 Å². The summed E-state index contributed by atoms with van der Waals surface area (Å²) in [7, 11) is 0. The fourth-order valence-corrected chi connectivity index (χ4v) is 2.43. The molecule has 2 rings (SSSR count). The quantitative estimate of drug-likeness (QED) is 0.482. The molecule has 0 bridgehead atoms. The van der Waals surface area contributed by atoms with E-state index in [9.17, 15) is 14.4 Å². The highest BCUT2D eigenvalue weighted by Crippen LogP contribution is 2.19. The molecule has 3 nitrogen and oxygen atoms in total. The average Bonchev–Trinajstić information content (AvgIpc) is 2.49. The van der Waals surface area contributed by atoms with Crippen LogP contribution in [0.5, 0.6) is 0 Å². The minimum Gasteiger partial charge on any atom is -0.374 e. The predicted molar refractivity (Wildman–Crippen MR) is 74.5 cm³/mol. The first-order valence-corrected chi connectivity index (χ1v) is 6.79. The first kappa shape index (κ1) is 14.3. The number of hydrogen-bond donors (Lipinski definition) is 0. The lowest BCUT2D eigenvalue weighted by Crippen LogP contribution is -2.29. The molecule has 1 aliphatic heterocycles. The van der Waals surface area contributed by atoms with Crippen molar-refractivity contribution in [2.45, 2.75) is 26.2 Å². The van der Waals surface area contributed by atoms with Gasteiger partial charge in [0.25, 0.3) is 0 Å². The zero-order valence-corrected chi connectivity index (χ0v) is 11.5. The maximum atomic E-state index is 12.9. The van der Waals surface area contributed by atoms with E-state index in [0.717, 1.165) is 31.6 Å². The lowest BCUT2D eigenvalue weighted by Gasteiger charge is -2.29. The fourth-order valence-electron chi connectivity index (χ4n) is 2.43. The second kappa shape index (κ2) is 6.33. The van der Waals surface area contributed by atoms with Gasteiger partial charge in [0.1, 0.15) is 17.5 Å². The summed E-state index contributed by atoms with van der Waals surface area (Å²) < 4.78 is 12.9. The van der Waals surface area contributed by atoms with Gasteiger partial charge in [0, 0.05) is 24.4 Å². The highest BCUT2D eigenvalue weighted by Gasteiger charge is 2.20. The van der Waals surface area contributed by atoms with Gasteiger partial charge in [-0.2, -0.15) is 5.26 Å². The summed E-state index contributed by atoms with van der Waals surface area (Å²) in [5, 5.41) is 9.28. The summed E-state index contributed by atoms with van der Waals surface area (Å²) >= 11 is 0. The predicted octanol–water partition coefficient (Wildman–Crippen LogP) is 3.29. The van der Waals surface area contributed by atoms with Crippen molar-refractivity contribution in [3.8, 4) is 6.07 Å². The molecule has 104 valence electrons. The molecule has 1 aromatic carbocycles. The van der Waals surface area contributed by atoms with Gasteiger partial charge >= 0.3 is 0 Å². The van der Waals surface area contributed by atoms with E-state index in [0.29, 0.717) is 5.56 Å². The van der Waals surface area contributed by atoms with Crippen molar-refractivity contribution in [2.24, 2.45) is 0 Å². The van der Waals surface area contributed by atoms with Crippen LogP contribution in [0.1, 0.15) is 36.5 Å². The molecule has 1 saturated heterocycles. The molecule has 0 unspecified atom stereocenters. The lowest BCUT2D eigenvalue weighted by molar-refractivity contribution is 0.103. The molecule has 0 aromatic heterocycles. The van der Waals surface area contributed by atoms with Gasteiger partial charge in [-0.1, -0.05) is 0 Å². The smallest absolute Gasteiger partial charge is 0.205 e. The van der Waals surface area contributed by atoms with Crippen LogP contribution in [0.4, 0.5) is 4.39 Å². The molecule has 0 aliphatic carbocycles. The Morgan fingerprint density at radius 2 is 1.80 bits per heavy atom. The Bertz CT molecular complexity index is 563. The Morgan fingerprint density at radius 3 is 2.35 bits per heavy atom.